The highest BCUT2D eigenvalue weighted by Crippen LogP contribution is 2.34. The maximum Gasteiger partial charge on any atom is 0.307 e. The Morgan fingerprint density at radius 1 is 0.909 bits per heavy atom. The molecule has 44 heavy (non-hydrogen) atoms. The smallest absolute Gasteiger partial charge is 0.307 e. The minimum Gasteiger partial charge on any atom is -0.490 e. The summed E-state index contributed by atoms with van der Waals surface area (Å²) >= 11 is 9.52. The van der Waals surface area contributed by atoms with Crippen LogP contribution in [0.2, 0.25) is 5.02 Å². The molecule has 3 aromatic carbocycles. The van der Waals surface area contributed by atoms with Gasteiger partial charge in [0.25, 0.3) is 0 Å². The molecule has 0 aliphatic rings. The Balaban J connectivity index is 1.16. The molecule has 10 heteroatoms. The van der Waals surface area contributed by atoms with E-state index in [2.05, 4.69) is 57.0 Å². The van der Waals surface area contributed by atoms with E-state index in [9.17, 15) is 4.79 Å². The van der Waals surface area contributed by atoms with Gasteiger partial charge in [0.1, 0.15) is 24.7 Å². The SMILES string of the molecule is CCOc1cc(/C=N/NC(=O)c2ccc(COc3ccc(-n4c(C)ccc4C)cc3)o2)c(Br)cc1OCc1ccc(Cl)cc1. The number of ether oxygens (including phenoxy) is 3. The summed E-state index contributed by atoms with van der Waals surface area (Å²) in [6.07, 6.45) is 1.51. The lowest BCUT2D eigenvalue weighted by molar-refractivity contribution is 0.0923. The van der Waals surface area contributed by atoms with Crippen LogP contribution in [0.15, 0.2) is 98.9 Å². The lowest BCUT2D eigenvalue weighted by atomic mass is 10.2. The summed E-state index contributed by atoms with van der Waals surface area (Å²) in [6, 6.07) is 26.3. The monoisotopic (exact) mass is 675 g/mol. The van der Waals surface area contributed by atoms with E-state index in [4.69, 9.17) is 30.2 Å². The van der Waals surface area contributed by atoms with Crippen molar-refractivity contribution in [1.82, 2.24) is 9.99 Å². The molecule has 2 heterocycles. The summed E-state index contributed by atoms with van der Waals surface area (Å²) in [5.41, 5.74) is 7.56. The van der Waals surface area contributed by atoms with Gasteiger partial charge in [0.2, 0.25) is 0 Å². The number of nitrogens with one attached hydrogen (secondary N) is 1. The first-order chi connectivity index (χ1) is 21.3. The molecule has 1 amide bonds. The fraction of sp³-hybridized carbons (Fsp3) is 0.176. The minimum atomic E-state index is -0.488. The summed E-state index contributed by atoms with van der Waals surface area (Å²) in [7, 11) is 0. The molecule has 0 fully saturated rings. The maximum atomic E-state index is 12.7. The molecule has 8 nitrogen and oxygen atoms in total. The highest BCUT2D eigenvalue weighted by molar-refractivity contribution is 9.10. The second kappa shape index (κ2) is 14.3. The number of carbonyl (C=O) groups excluding carboxylic acids is 1. The molecular formula is C34H31BrClN3O5. The van der Waals surface area contributed by atoms with Gasteiger partial charge in [-0.2, -0.15) is 5.10 Å². The maximum absolute atomic E-state index is 12.7. The normalized spacial score (nSPS) is 11.1. The lowest BCUT2D eigenvalue weighted by Gasteiger charge is -2.14. The van der Waals surface area contributed by atoms with Gasteiger partial charge < -0.3 is 23.2 Å². The van der Waals surface area contributed by atoms with Gasteiger partial charge in [-0.3, -0.25) is 4.79 Å². The highest BCUT2D eigenvalue weighted by Gasteiger charge is 2.13. The quantitative estimate of drug-likeness (QED) is 0.106. The highest BCUT2D eigenvalue weighted by atomic mass is 79.9. The molecule has 0 atom stereocenters. The zero-order valence-electron chi connectivity index (χ0n) is 24.5. The zero-order chi connectivity index (χ0) is 31.1. The van der Waals surface area contributed by atoms with E-state index in [1.165, 1.54) is 17.6 Å². The molecule has 0 saturated heterocycles. The van der Waals surface area contributed by atoms with E-state index in [0.717, 1.165) is 11.3 Å². The fourth-order valence-corrected chi connectivity index (χ4v) is 5.04. The summed E-state index contributed by atoms with van der Waals surface area (Å²) < 4.78 is 26.2. The first kappa shape index (κ1) is 31.0. The third-order valence-electron chi connectivity index (χ3n) is 6.67. The third kappa shape index (κ3) is 7.72. The van der Waals surface area contributed by atoms with Gasteiger partial charge >= 0.3 is 5.91 Å². The van der Waals surface area contributed by atoms with Crippen LogP contribution in [-0.4, -0.2) is 23.3 Å². The van der Waals surface area contributed by atoms with Crippen molar-refractivity contribution < 1.29 is 23.4 Å². The second-order valence-electron chi connectivity index (χ2n) is 9.87. The lowest BCUT2D eigenvalue weighted by Crippen LogP contribution is -2.16. The second-order valence-corrected chi connectivity index (χ2v) is 11.2. The molecule has 0 bridgehead atoms. The van der Waals surface area contributed by atoms with Crippen LogP contribution >= 0.6 is 27.5 Å². The first-order valence-electron chi connectivity index (χ1n) is 13.9. The molecule has 5 aromatic rings. The Morgan fingerprint density at radius 3 is 2.32 bits per heavy atom. The molecule has 0 aliphatic carbocycles. The van der Waals surface area contributed by atoms with Crippen LogP contribution in [0.3, 0.4) is 0 Å². The zero-order valence-corrected chi connectivity index (χ0v) is 26.8. The van der Waals surface area contributed by atoms with Crippen molar-refractivity contribution in [2.45, 2.75) is 34.0 Å². The van der Waals surface area contributed by atoms with Gasteiger partial charge in [-0.25, -0.2) is 5.43 Å². The predicted molar refractivity (Wildman–Crippen MR) is 174 cm³/mol. The number of hydrogen-bond acceptors (Lipinski definition) is 6. The number of aryl methyl sites for hydroxylation is 2. The Morgan fingerprint density at radius 2 is 1.61 bits per heavy atom. The van der Waals surface area contributed by atoms with E-state index in [-0.39, 0.29) is 12.4 Å². The van der Waals surface area contributed by atoms with E-state index in [1.807, 2.05) is 55.5 Å². The first-order valence-corrected chi connectivity index (χ1v) is 15.1. The molecule has 226 valence electrons. The van der Waals surface area contributed by atoms with Crippen molar-refractivity contribution in [1.29, 1.82) is 0 Å². The molecular weight excluding hydrogens is 646 g/mol. The van der Waals surface area contributed by atoms with Gasteiger partial charge in [-0.05, 0) is 115 Å². The molecule has 5 rings (SSSR count). The summed E-state index contributed by atoms with van der Waals surface area (Å²) in [4.78, 5) is 12.7. The summed E-state index contributed by atoms with van der Waals surface area (Å²) in [5, 5.41) is 4.77. The van der Waals surface area contributed by atoms with Crippen LogP contribution in [0.1, 0.15) is 45.8 Å². The van der Waals surface area contributed by atoms with Gasteiger partial charge in [0, 0.05) is 32.1 Å². The number of carbonyl (C=O) groups is 1. The van der Waals surface area contributed by atoms with Crippen molar-refractivity contribution in [3.8, 4) is 22.9 Å². The average Bonchev–Trinajstić information content (AvgIpc) is 3.64. The van der Waals surface area contributed by atoms with Crippen LogP contribution in [0, 0.1) is 13.8 Å². The molecule has 0 unspecified atom stereocenters. The third-order valence-corrected chi connectivity index (χ3v) is 7.61. The van der Waals surface area contributed by atoms with Crippen LogP contribution in [0.25, 0.3) is 5.69 Å². The van der Waals surface area contributed by atoms with E-state index >= 15 is 0 Å². The fourth-order valence-electron chi connectivity index (χ4n) is 4.49. The Bertz CT molecular complexity index is 1740. The number of hydrogen-bond donors (Lipinski definition) is 1. The Kier molecular flexibility index (Phi) is 10.1. The largest absolute Gasteiger partial charge is 0.490 e. The van der Waals surface area contributed by atoms with Crippen molar-refractivity contribution in [3.05, 3.63) is 128 Å². The molecule has 0 saturated carbocycles. The van der Waals surface area contributed by atoms with Crippen LogP contribution in [0.5, 0.6) is 17.2 Å². The Labute approximate surface area is 269 Å². The van der Waals surface area contributed by atoms with E-state index in [1.54, 1.807) is 24.3 Å². The number of nitrogens with zero attached hydrogens (tertiary/aromatic N) is 2. The molecule has 2 aromatic heterocycles. The van der Waals surface area contributed by atoms with Gasteiger partial charge in [-0.1, -0.05) is 23.7 Å². The topological polar surface area (TPSA) is 87.2 Å². The molecule has 0 aliphatic heterocycles. The van der Waals surface area contributed by atoms with Crippen molar-refractivity contribution in [3.63, 3.8) is 0 Å². The number of benzene rings is 3. The van der Waals surface area contributed by atoms with Crippen molar-refractivity contribution in [2.75, 3.05) is 6.61 Å². The predicted octanol–water partition coefficient (Wildman–Crippen LogP) is 8.42. The van der Waals surface area contributed by atoms with Gasteiger partial charge in [0.15, 0.2) is 17.3 Å². The molecule has 1 N–H and O–H groups in total. The van der Waals surface area contributed by atoms with Crippen molar-refractivity contribution >= 4 is 39.7 Å². The summed E-state index contributed by atoms with van der Waals surface area (Å²) in [5.74, 6) is 1.97. The number of halogens is 2. The van der Waals surface area contributed by atoms with Crippen LogP contribution in [-0.2, 0) is 13.2 Å². The average molecular weight is 677 g/mol. The number of furan rings is 1. The number of hydrazone groups is 1. The van der Waals surface area contributed by atoms with Gasteiger partial charge in [-0.15, -0.1) is 0 Å². The number of rotatable bonds is 12. The number of amides is 1. The standard InChI is InChI=1S/C34H31BrClN3O5/c1-4-41-32-17-25(30(35)18-33(32)43-20-24-7-9-26(36)10-8-24)19-37-38-34(40)31-16-15-29(44-31)21-42-28-13-11-27(12-14-28)39-22(2)5-6-23(39)3/h5-19H,4,20-21H2,1-3H3,(H,38,40)/b37-19+. The van der Waals surface area contributed by atoms with Crippen LogP contribution < -0.4 is 19.6 Å². The Hall–Kier alpha value is -4.47. The van der Waals surface area contributed by atoms with Crippen LogP contribution in [0.4, 0.5) is 0 Å². The summed E-state index contributed by atoms with van der Waals surface area (Å²) in [6.45, 7) is 7.02. The number of aromatic nitrogens is 1. The van der Waals surface area contributed by atoms with E-state index < -0.39 is 5.91 Å². The van der Waals surface area contributed by atoms with E-state index in [0.29, 0.717) is 51.3 Å². The molecule has 0 radical (unpaired) electrons. The molecule has 0 spiro atoms. The minimum absolute atomic E-state index is 0.120. The van der Waals surface area contributed by atoms with Crippen molar-refractivity contribution in [2.24, 2.45) is 5.10 Å². The van der Waals surface area contributed by atoms with Gasteiger partial charge in [0.05, 0.1) is 12.8 Å².